The Kier molecular flexibility index (Phi) is 5.40. The van der Waals surface area contributed by atoms with Crippen molar-refractivity contribution in [1.29, 1.82) is 0 Å². The topological polar surface area (TPSA) is 97.3 Å². The van der Waals surface area contributed by atoms with Crippen LogP contribution < -0.4 is 21.7 Å². The maximum atomic E-state index is 11.8. The molecule has 0 saturated carbocycles. The summed E-state index contributed by atoms with van der Waals surface area (Å²) in [7, 11) is 3.80. The molecule has 1 aromatic rings. The summed E-state index contributed by atoms with van der Waals surface area (Å²) in [6.45, 7) is 0. The SMILES string of the molecule is CN(C)c1cccnc1CC(=O)N/C(N)=C/C=C\N. The van der Waals surface area contributed by atoms with Crippen LogP contribution in [0.2, 0.25) is 0 Å². The molecule has 0 bridgehead atoms. The van der Waals surface area contributed by atoms with E-state index in [9.17, 15) is 4.79 Å². The highest BCUT2D eigenvalue weighted by Gasteiger charge is 2.10. The number of pyridine rings is 1. The molecule has 1 aromatic heterocycles. The molecule has 0 aliphatic heterocycles. The summed E-state index contributed by atoms with van der Waals surface area (Å²) < 4.78 is 0. The Morgan fingerprint density at radius 1 is 1.53 bits per heavy atom. The number of hydrogen-bond acceptors (Lipinski definition) is 5. The van der Waals surface area contributed by atoms with Gasteiger partial charge in [-0.1, -0.05) is 0 Å². The van der Waals surface area contributed by atoms with E-state index in [0.29, 0.717) is 5.69 Å². The average molecular weight is 261 g/mol. The van der Waals surface area contributed by atoms with Crippen LogP contribution in [0.15, 0.2) is 42.5 Å². The van der Waals surface area contributed by atoms with Gasteiger partial charge in [-0.2, -0.15) is 0 Å². The monoisotopic (exact) mass is 261 g/mol. The Hall–Kier alpha value is -2.50. The molecule has 0 spiro atoms. The predicted octanol–water partition coefficient (Wildman–Crippen LogP) is 0.0788. The van der Waals surface area contributed by atoms with Gasteiger partial charge in [0.1, 0.15) is 5.82 Å². The highest BCUT2D eigenvalue weighted by Crippen LogP contribution is 2.15. The third-order valence-electron chi connectivity index (χ3n) is 2.35. The molecule has 0 unspecified atom stereocenters. The van der Waals surface area contributed by atoms with E-state index in [1.165, 1.54) is 12.3 Å². The Labute approximate surface area is 112 Å². The summed E-state index contributed by atoms with van der Waals surface area (Å²) in [4.78, 5) is 17.9. The fourth-order valence-corrected chi connectivity index (χ4v) is 1.53. The maximum absolute atomic E-state index is 11.8. The highest BCUT2D eigenvalue weighted by atomic mass is 16.1. The van der Waals surface area contributed by atoms with Crippen LogP contribution in [0.25, 0.3) is 0 Å². The second-order valence-electron chi connectivity index (χ2n) is 4.10. The van der Waals surface area contributed by atoms with E-state index in [-0.39, 0.29) is 18.1 Å². The van der Waals surface area contributed by atoms with E-state index in [1.807, 2.05) is 31.1 Å². The quantitative estimate of drug-likeness (QED) is 0.652. The minimum atomic E-state index is -0.221. The number of carbonyl (C=O) groups is 1. The number of nitrogens with one attached hydrogen (secondary N) is 1. The van der Waals surface area contributed by atoms with Crippen molar-refractivity contribution < 1.29 is 4.79 Å². The zero-order chi connectivity index (χ0) is 14.3. The molecule has 1 heterocycles. The second-order valence-corrected chi connectivity index (χ2v) is 4.10. The van der Waals surface area contributed by atoms with E-state index in [2.05, 4.69) is 10.3 Å². The number of rotatable bonds is 5. The molecule has 0 aliphatic carbocycles. The fraction of sp³-hybridized carbons (Fsp3) is 0.231. The molecular formula is C13H19N5O. The number of nitrogens with zero attached hydrogens (tertiary/aromatic N) is 2. The van der Waals surface area contributed by atoms with Gasteiger partial charge in [-0.15, -0.1) is 0 Å². The zero-order valence-corrected chi connectivity index (χ0v) is 11.1. The van der Waals surface area contributed by atoms with Crippen molar-refractivity contribution in [1.82, 2.24) is 10.3 Å². The van der Waals surface area contributed by atoms with Gasteiger partial charge in [0.25, 0.3) is 0 Å². The number of amides is 1. The normalized spacial score (nSPS) is 11.6. The third kappa shape index (κ3) is 4.71. The number of aromatic nitrogens is 1. The van der Waals surface area contributed by atoms with Crippen LogP contribution in [-0.2, 0) is 11.2 Å². The number of anilines is 1. The van der Waals surface area contributed by atoms with Crippen LogP contribution in [-0.4, -0.2) is 25.0 Å². The van der Waals surface area contributed by atoms with Crippen molar-refractivity contribution in [3.05, 3.63) is 48.2 Å². The molecule has 0 atom stereocenters. The molecule has 1 amide bonds. The first-order valence-electron chi connectivity index (χ1n) is 5.79. The lowest BCUT2D eigenvalue weighted by Gasteiger charge is -2.16. The first-order valence-corrected chi connectivity index (χ1v) is 5.79. The van der Waals surface area contributed by atoms with E-state index >= 15 is 0 Å². The van der Waals surface area contributed by atoms with Gasteiger partial charge in [0.05, 0.1) is 17.8 Å². The number of allylic oxidation sites excluding steroid dienone is 2. The van der Waals surface area contributed by atoms with Crippen molar-refractivity contribution in [2.75, 3.05) is 19.0 Å². The highest BCUT2D eigenvalue weighted by molar-refractivity contribution is 5.81. The van der Waals surface area contributed by atoms with Crippen molar-refractivity contribution in [3.8, 4) is 0 Å². The lowest BCUT2D eigenvalue weighted by atomic mass is 10.2. The van der Waals surface area contributed by atoms with Crippen molar-refractivity contribution in [2.45, 2.75) is 6.42 Å². The molecular weight excluding hydrogens is 242 g/mol. The second kappa shape index (κ2) is 7.05. The van der Waals surface area contributed by atoms with Gasteiger partial charge >= 0.3 is 0 Å². The van der Waals surface area contributed by atoms with Crippen LogP contribution >= 0.6 is 0 Å². The standard InChI is InChI=1S/C13H19N5O/c1-18(2)11-5-4-8-16-10(11)9-13(19)17-12(15)6-3-7-14/h3-8H,9,14-15H2,1-2H3,(H,17,19)/b7-3-,12-6+. The average Bonchev–Trinajstić information content (AvgIpc) is 2.36. The van der Waals surface area contributed by atoms with Crippen molar-refractivity contribution in [3.63, 3.8) is 0 Å². The molecule has 1 rings (SSSR count). The number of carbonyl (C=O) groups excluding carboxylic acids is 1. The number of nitrogens with two attached hydrogens (primary N) is 2. The molecule has 0 aliphatic rings. The minimum Gasteiger partial charge on any atom is -0.405 e. The van der Waals surface area contributed by atoms with Crippen LogP contribution in [0, 0.1) is 0 Å². The molecule has 0 saturated heterocycles. The third-order valence-corrected chi connectivity index (χ3v) is 2.35. The Morgan fingerprint density at radius 2 is 2.26 bits per heavy atom. The van der Waals surface area contributed by atoms with Gasteiger partial charge in [-0.05, 0) is 30.5 Å². The van der Waals surface area contributed by atoms with Crippen LogP contribution in [0.5, 0.6) is 0 Å². The van der Waals surface area contributed by atoms with E-state index in [1.54, 1.807) is 12.3 Å². The fourth-order valence-electron chi connectivity index (χ4n) is 1.53. The zero-order valence-electron chi connectivity index (χ0n) is 11.1. The summed E-state index contributed by atoms with van der Waals surface area (Å²) in [6, 6.07) is 3.74. The van der Waals surface area contributed by atoms with Crippen LogP contribution in [0.4, 0.5) is 5.69 Å². The summed E-state index contributed by atoms with van der Waals surface area (Å²) in [5.41, 5.74) is 12.4. The molecule has 19 heavy (non-hydrogen) atoms. The first-order chi connectivity index (χ1) is 9.04. The smallest absolute Gasteiger partial charge is 0.231 e. The summed E-state index contributed by atoms with van der Waals surface area (Å²) >= 11 is 0. The van der Waals surface area contributed by atoms with Gasteiger partial charge in [0.2, 0.25) is 5.91 Å². The van der Waals surface area contributed by atoms with Gasteiger partial charge in [0, 0.05) is 20.3 Å². The molecule has 6 heteroatoms. The molecule has 5 N–H and O–H groups in total. The predicted molar refractivity (Wildman–Crippen MR) is 76.0 cm³/mol. The number of hydrogen-bond donors (Lipinski definition) is 3. The van der Waals surface area contributed by atoms with E-state index < -0.39 is 0 Å². The molecule has 0 aromatic carbocycles. The lowest BCUT2D eigenvalue weighted by molar-refractivity contribution is -0.119. The lowest BCUT2D eigenvalue weighted by Crippen LogP contribution is -2.29. The van der Waals surface area contributed by atoms with Gasteiger partial charge in [0.15, 0.2) is 0 Å². The molecule has 6 nitrogen and oxygen atoms in total. The van der Waals surface area contributed by atoms with E-state index in [4.69, 9.17) is 11.5 Å². The van der Waals surface area contributed by atoms with Crippen molar-refractivity contribution in [2.24, 2.45) is 11.5 Å². The Bertz CT molecular complexity index is 494. The van der Waals surface area contributed by atoms with Crippen molar-refractivity contribution >= 4 is 11.6 Å². The molecule has 102 valence electrons. The van der Waals surface area contributed by atoms with Gasteiger partial charge in [-0.3, -0.25) is 9.78 Å². The van der Waals surface area contributed by atoms with Gasteiger partial charge < -0.3 is 21.7 Å². The summed E-state index contributed by atoms with van der Waals surface area (Å²) in [5, 5.41) is 2.56. The summed E-state index contributed by atoms with van der Waals surface area (Å²) in [6.07, 6.45) is 6.22. The first kappa shape index (κ1) is 14.6. The van der Waals surface area contributed by atoms with Crippen LogP contribution in [0.3, 0.4) is 0 Å². The van der Waals surface area contributed by atoms with E-state index in [0.717, 1.165) is 5.69 Å². The Morgan fingerprint density at radius 3 is 2.89 bits per heavy atom. The molecule has 0 fully saturated rings. The largest absolute Gasteiger partial charge is 0.405 e. The molecule has 0 radical (unpaired) electrons. The Balaban J connectivity index is 2.72. The van der Waals surface area contributed by atoms with Crippen LogP contribution in [0.1, 0.15) is 5.69 Å². The minimum absolute atomic E-state index is 0.162. The van der Waals surface area contributed by atoms with Gasteiger partial charge in [-0.25, -0.2) is 0 Å². The summed E-state index contributed by atoms with van der Waals surface area (Å²) in [5.74, 6) is 0.0232. The maximum Gasteiger partial charge on any atom is 0.231 e.